The van der Waals surface area contributed by atoms with Gasteiger partial charge in [0, 0.05) is 24.7 Å². The lowest BCUT2D eigenvalue weighted by molar-refractivity contribution is -0.137. The Morgan fingerprint density at radius 2 is 2.05 bits per heavy atom. The minimum absolute atomic E-state index is 0.148. The summed E-state index contributed by atoms with van der Waals surface area (Å²) in [5.41, 5.74) is 1.11. The molecule has 1 aromatic heterocycles. The van der Waals surface area contributed by atoms with Crippen molar-refractivity contribution in [2.45, 2.75) is 13.0 Å². The normalized spacial score (nSPS) is 19.6. The molecule has 1 aliphatic rings. The summed E-state index contributed by atoms with van der Waals surface area (Å²) in [5, 5.41) is 0. The molecule has 7 heteroatoms. The van der Waals surface area contributed by atoms with Gasteiger partial charge in [0.2, 0.25) is 0 Å². The van der Waals surface area contributed by atoms with E-state index in [-0.39, 0.29) is 6.03 Å². The van der Waals surface area contributed by atoms with Crippen LogP contribution < -0.4 is 0 Å². The number of ether oxygens (including phenoxy) is 1. The highest BCUT2D eigenvalue weighted by Gasteiger charge is 2.39. The maximum absolute atomic E-state index is 12.2. The molecular weight excluding hydrogens is 344 g/mol. The van der Waals surface area contributed by atoms with Crippen LogP contribution in [0.15, 0.2) is 27.2 Å². The number of rotatable bonds is 2. The second kappa shape index (κ2) is 5.57. The third kappa shape index (κ3) is 2.35. The summed E-state index contributed by atoms with van der Waals surface area (Å²) in [4.78, 5) is 28.3. The minimum Gasteiger partial charge on any atom is -0.466 e. The number of carbonyl (C=O) groups is 2. The first-order chi connectivity index (χ1) is 9.38. The fourth-order valence-electron chi connectivity index (χ4n) is 2.24. The van der Waals surface area contributed by atoms with Gasteiger partial charge in [-0.25, -0.2) is 9.59 Å². The van der Waals surface area contributed by atoms with Crippen LogP contribution in [-0.2, 0) is 9.53 Å². The molecule has 0 unspecified atom stereocenters. The lowest BCUT2D eigenvalue weighted by Crippen LogP contribution is -2.47. The molecule has 0 radical (unpaired) electrons. The van der Waals surface area contributed by atoms with Crippen molar-refractivity contribution in [3.05, 3.63) is 32.1 Å². The summed E-state index contributed by atoms with van der Waals surface area (Å²) in [7, 11) is 4.69. The number of amides is 2. The number of allylic oxidation sites excluding steroid dienone is 1. The van der Waals surface area contributed by atoms with Gasteiger partial charge >= 0.3 is 12.0 Å². The van der Waals surface area contributed by atoms with Crippen LogP contribution in [0.25, 0.3) is 0 Å². The zero-order chi connectivity index (χ0) is 15.0. The number of thiophene rings is 1. The Hall–Kier alpha value is -1.34. The van der Waals surface area contributed by atoms with Crippen molar-refractivity contribution in [2.24, 2.45) is 0 Å². The van der Waals surface area contributed by atoms with Gasteiger partial charge in [0.25, 0.3) is 0 Å². The van der Waals surface area contributed by atoms with Crippen molar-refractivity contribution < 1.29 is 14.3 Å². The molecule has 1 aliphatic heterocycles. The molecule has 0 saturated carbocycles. The number of hydrogen-bond acceptors (Lipinski definition) is 4. The second-order valence-electron chi connectivity index (χ2n) is 4.49. The topological polar surface area (TPSA) is 49.9 Å². The average Bonchev–Trinajstić information content (AvgIpc) is 2.85. The molecule has 0 fully saturated rings. The van der Waals surface area contributed by atoms with Gasteiger partial charge in [-0.3, -0.25) is 0 Å². The van der Waals surface area contributed by atoms with Crippen molar-refractivity contribution in [2.75, 3.05) is 21.2 Å². The highest BCUT2D eigenvalue weighted by atomic mass is 79.9. The molecule has 0 spiro atoms. The lowest BCUT2D eigenvalue weighted by atomic mass is 9.99. The number of urea groups is 1. The number of hydrogen-bond donors (Lipinski definition) is 0. The molecule has 5 nitrogen and oxygen atoms in total. The lowest BCUT2D eigenvalue weighted by Gasteiger charge is -2.38. The van der Waals surface area contributed by atoms with E-state index in [0.717, 1.165) is 8.66 Å². The predicted octanol–water partition coefficient (Wildman–Crippen LogP) is 3.00. The fourth-order valence-corrected chi connectivity index (χ4v) is 3.82. The first kappa shape index (κ1) is 15.1. The molecule has 1 aromatic rings. The Labute approximate surface area is 129 Å². The first-order valence-electron chi connectivity index (χ1n) is 5.93. The largest absolute Gasteiger partial charge is 0.466 e. The van der Waals surface area contributed by atoms with E-state index in [1.165, 1.54) is 23.3 Å². The number of esters is 1. The first-order valence-corrected chi connectivity index (χ1v) is 7.54. The SMILES string of the molecule is COC(=O)C1=C(C)N(C)C(=O)N(C)[C@@H]1c1ccc(Br)s1. The molecule has 0 N–H and O–H groups in total. The Morgan fingerprint density at radius 1 is 1.40 bits per heavy atom. The standard InChI is InChI=1S/C13H15BrN2O3S/c1-7-10(12(17)19-4)11(8-5-6-9(14)20-8)16(3)13(18)15(7)2/h5-6,11H,1-4H3/t11-/m1/s1. The van der Waals surface area contributed by atoms with Gasteiger partial charge in [-0.2, -0.15) is 0 Å². The number of methoxy groups -OCH3 is 1. The highest BCUT2D eigenvalue weighted by molar-refractivity contribution is 9.11. The van der Waals surface area contributed by atoms with E-state index < -0.39 is 12.0 Å². The average molecular weight is 359 g/mol. The van der Waals surface area contributed by atoms with Gasteiger partial charge in [-0.05, 0) is 35.0 Å². The Morgan fingerprint density at radius 3 is 2.55 bits per heavy atom. The summed E-state index contributed by atoms with van der Waals surface area (Å²) >= 11 is 4.90. The van der Waals surface area contributed by atoms with Crippen LogP contribution in [0.4, 0.5) is 4.79 Å². The zero-order valence-corrected chi connectivity index (χ0v) is 14.0. The number of halogens is 1. The fraction of sp³-hybridized carbons (Fsp3) is 0.385. The highest BCUT2D eigenvalue weighted by Crippen LogP contribution is 2.39. The quantitative estimate of drug-likeness (QED) is 0.763. The van der Waals surface area contributed by atoms with Crippen LogP contribution in [0.5, 0.6) is 0 Å². The van der Waals surface area contributed by atoms with Crippen LogP contribution in [0, 0.1) is 0 Å². The van der Waals surface area contributed by atoms with Crippen LogP contribution in [0.1, 0.15) is 17.8 Å². The molecule has 0 saturated heterocycles. The molecule has 0 bridgehead atoms. The van der Waals surface area contributed by atoms with Gasteiger partial charge in [0.05, 0.1) is 16.5 Å². The third-order valence-corrected chi connectivity index (χ3v) is 5.09. The molecule has 2 heterocycles. The molecule has 0 aromatic carbocycles. The van der Waals surface area contributed by atoms with E-state index in [0.29, 0.717) is 11.3 Å². The molecule has 20 heavy (non-hydrogen) atoms. The van der Waals surface area contributed by atoms with Crippen LogP contribution in [0.2, 0.25) is 0 Å². The maximum atomic E-state index is 12.2. The molecule has 1 atom stereocenters. The second-order valence-corrected chi connectivity index (χ2v) is 6.98. The summed E-state index contributed by atoms with van der Waals surface area (Å²) in [6.45, 7) is 1.76. The summed E-state index contributed by atoms with van der Waals surface area (Å²) in [6, 6.07) is 3.25. The van der Waals surface area contributed by atoms with Gasteiger partial charge in [-0.15, -0.1) is 11.3 Å². The number of carbonyl (C=O) groups excluding carboxylic acids is 2. The minimum atomic E-state index is -0.414. The van der Waals surface area contributed by atoms with Crippen molar-refractivity contribution in [1.29, 1.82) is 0 Å². The van der Waals surface area contributed by atoms with Crippen LogP contribution in [-0.4, -0.2) is 43.0 Å². The van der Waals surface area contributed by atoms with Crippen LogP contribution >= 0.6 is 27.3 Å². The van der Waals surface area contributed by atoms with Crippen LogP contribution in [0.3, 0.4) is 0 Å². The summed E-state index contributed by atoms with van der Waals surface area (Å²) in [6.07, 6.45) is 0. The smallest absolute Gasteiger partial charge is 0.338 e. The molecule has 2 amide bonds. The Kier molecular flexibility index (Phi) is 4.19. The van der Waals surface area contributed by atoms with Gasteiger partial charge < -0.3 is 14.5 Å². The third-order valence-electron chi connectivity index (χ3n) is 3.41. The van der Waals surface area contributed by atoms with Crippen molar-refractivity contribution in [1.82, 2.24) is 9.80 Å². The van der Waals surface area contributed by atoms with E-state index in [1.807, 2.05) is 12.1 Å². The predicted molar refractivity (Wildman–Crippen MR) is 80.4 cm³/mol. The summed E-state index contributed by atoms with van der Waals surface area (Å²) in [5.74, 6) is -0.414. The van der Waals surface area contributed by atoms with E-state index >= 15 is 0 Å². The van der Waals surface area contributed by atoms with Gasteiger partial charge in [-0.1, -0.05) is 0 Å². The van der Waals surface area contributed by atoms with E-state index in [4.69, 9.17) is 4.74 Å². The number of likely N-dealkylation sites (N-methyl/N-ethyl adjacent to an activating group) is 1. The molecule has 0 aliphatic carbocycles. The summed E-state index contributed by atoms with van der Waals surface area (Å²) < 4.78 is 5.83. The van der Waals surface area contributed by atoms with E-state index in [2.05, 4.69) is 15.9 Å². The van der Waals surface area contributed by atoms with Gasteiger partial charge in [0.15, 0.2) is 0 Å². The van der Waals surface area contributed by atoms with E-state index in [1.54, 1.807) is 25.9 Å². The Balaban J connectivity index is 2.60. The Bertz CT molecular complexity index is 596. The molecule has 108 valence electrons. The molecular formula is C13H15BrN2O3S. The van der Waals surface area contributed by atoms with Crippen molar-refractivity contribution >= 4 is 39.3 Å². The zero-order valence-electron chi connectivity index (χ0n) is 11.6. The van der Waals surface area contributed by atoms with E-state index in [9.17, 15) is 9.59 Å². The number of nitrogens with zero attached hydrogens (tertiary/aromatic N) is 2. The molecule has 2 rings (SSSR count). The van der Waals surface area contributed by atoms with Crippen molar-refractivity contribution in [3.63, 3.8) is 0 Å². The maximum Gasteiger partial charge on any atom is 0.338 e. The monoisotopic (exact) mass is 358 g/mol. The van der Waals surface area contributed by atoms with Gasteiger partial charge in [0.1, 0.15) is 6.04 Å². The van der Waals surface area contributed by atoms with Crippen molar-refractivity contribution in [3.8, 4) is 0 Å².